The molecule has 10 heavy (non-hydrogen) atoms. The lowest BCUT2D eigenvalue weighted by Gasteiger charge is -2.06. The lowest BCUT2D eigenvalue weighted by Crippen LogP contribution is -2.34. The van der Waals surface area contributed by atoms with Crippen molar-refractivity contribution in [1.82, 2.24) is 5.32 Å². The molecule has 0 radical (unpaired) electrons. The first-order valence-electron chi connectivity index (χ1n) is 3.60. The Balaban J connectivity index is 2.49. The van der Waals surface area contributed by atoms with E-state index in [-0.39, 0.29) is 6.04 Å². The molecule has 0 aromatic rings. The first kappa shape index (κ1) is 7.54. The summed E-state index contributed by atoms with van der Waals surface area (Å²) in [7, 11) is 0. The van der Waals surface area contributed by atoms with Crippen LogP contribution in [0.3, 0.4) is 0 Å². The van der Waals surface area contributed by atoms with Gasteiger partial charge in [-0.25, -0.2) is 0 Å². The Morgan fingerprint density at radius 2 is 2.20 bits per heavy atom. The number of nitrogens with one attached hydrogen (secondary N) is 1. The molecule has 0 aromatic carbocycles. The van der Waals surface area contributed by atoms with Crippen molar-refractivity contribution in [2.24, 2.45) is 5.92 Å². The molecule has 1 unspecified atom stereocenters. The third-order valence-electron chi connectivity index (χ3n) is 2.22. The number of carbonyl (C=O) groups is 1. The van der Waals surface area contributed by atoms with Crippen LogP contribution in [-0.4, -0.2) is 23.2 Å². The molecule has 0 aromatic heterocycles. The Morgan fingerprint density at radius 1 is 1.60 bits per heavy atom. The highest BCUT2D eigenvalue weighted by molar-refractivity contribution is 5.73. The van der Waals surface area contributed by atoms with Crippen molar-refractivity contribution >= 4 is 5.97 Å². The van der Waals surface area contributed by atoms with Gasteiger partial charge in [-0.2, -0.15) is 0 Å². The maximum absolute atomic E-state index is 10.4. The number of aliphatic carboxylic acids is 1. The highest BCUT2D eigenvalue weighted by atomic mass is 16.4. The molecular weight excluding hydrogens is 130 g/mol. The largest absolute Gasteiger partial charge is 0.480 e. The summed E-state index contributed by atoms with van der Waals surface area (Å²) < 4.78 is 0. The van der Waals surface area contributed by atoms with Crippen LogP contribution in [0.15, 0.2) is 0 Å². The van der Waals surface area contributed by atoms with Crippen molar-refractivity contribution in [3.05, 3.63) is 0 Å². The summed E-state index contributed by atoms with van der Waals surface area (Å²) in [6, 6.07) is 0.0334. The van der Waals surface area contributed by atoms with E-state index in [0.717, 1.165) is 6.42 Å². The van der Waals surface area contributed by atoms with Crippen molar-refractivity contribution in [1.29, 1.82) is 0 Å². The monoisotopic (exact) mass is 143 g/mol. The van der Waals surface area contributed by atoms with Crippen molar-refractivity contribution in [3.8, 4) is 0 Å². The third kappa shape index (κ3) is 1.29. The molecule has 0 saturated carbocycles. The van der Waals surface area contributed by atoms with Crippen LogP contribution < -0.4 is 5.32 Å². The topological polar surface area (TPSA) is 49.3 Å². The van der Waals surface area contributed by atoms with Gasteiger partial charge in [0.2, 0.25) is 0 Å². The number of carboxylic acids is 1. The van der Waals surface area contributed by atoms with Crippen LogP contribution >= 0.6 is 0 Å². The van der Waals surface area contributed by atoms with Gasteiger partial charge < -0.3 is 10.4 Å². The molecule has 58 valence electrons. The molecular formula is C7H13NO2. The molecule has 3 heteroatoms. The molecule has 1 fully saturated rings. The van der Waals surface area contributed by atoms with Crippen LogP contribution in [0.2, 0.25) is 0 Å². The zero-order valence-corrected chi connectivity index (χ0v) is 6.29. The number of carboxylic acid groups (broad SMARTS) is 1. The minimum atomic E-state index is -0.726. The van der Waals surface area contributed by atoms with Gasteiger partial charge in [0, 0.05) is 6.04 Å². The maximum Gasteiger partial charge on any atom is 0.320 e. The molecule has 1 aliphatic heterocycles. The van der Waals surface area contributed by atoms with E-state index >= 15 is 0 Å². The summed E-state index contributed by atoms with van der Waals surface area (Å²) >= 11 is 0. The molecule has 3 atom stereocenters. The number of hydrogen-bond donors (Lipinski definition) is 2. The molecule has 3 nitrogen and oxygen atoms in total. The predicted octanol–water partition coefficient (Wildman–Crippen LogP) is 0.457. The number of rotatable bonds is 1. The SMILES string of the molecule is CC1N[C@H](C(=O)O)C[C@H]1C. The van der Waals surface area contributed by atoms with Crippen LogP contribution in [0.1, 0.15) is 20.3 Å². The van der Waals surface area contributed by atoms with Crippen LogP contribution in [-0.2, 0) is 4.79 Å². The molecule has 0 aliphatic carbocycles. The molecule has 0 amide bonds. The maximum atomic E-state index is 10.4. The van der Waals surface area contributed by atoms with Gasteiger partial charge in [0.05, 0.1) is 0 Å². The Kier molecular flexibility index (Phi) is 1.94. The molecule has 0 bridgehead atoms. The van der Waals surface area contributed by atoms with E-state index in [1.165, 1.54) is 0 Å². The highest BCUT2D eigenvalue weighted by Crippen LogP contribution is 2.18. The average Bonchev–Trinajstić information content (AvgIpc) is 2.13. The van der Waals surface area contributed by atoms with Crippen LogP contribution in [0, 0.1) is 5.92 Å². The van der Waals surface area contributed by atoms with E-state index in [0.29, 0.717) is 12.0 Å². The normalized spacial score (nSPS) is 40.0. The van der Waals surface area contributed by atoms with Crippen molar-refractivity contribution in [2.75, 3.05) is 0 Å². The summed E-state index contributed by atoms with van der Waals surface area (Å²) in [6.07, 6.45) is 0.760. The molecule has 0 spiro atoms. The standard InChI is InChI=1S/C7H13NO2/c1-4-3-6(7(9)10)8-5(4)2/h4-6,8H,3H2,1-2H3,(H,9,10)/t4-,5?,6+/m1/s1. The van der Waals surface area contributed by atoms with E-state index in [9.17, 15) is 4.79 Å². The van der Waals surface area contributed by atoms with Gasteiger partial charge in [0.1, 0.15) is 6.04 Å². The minimum Gasteiger partial charge on any atom is -0.480 e. The Labute approximate surface area is 60.4 Å². The Morgan fingerprint density at radius 3 is 2.40 bits per heavy atom. The smallest absolute Gasteiger partial charge is 0.320 e. The van der Waals surface area contributed by atoms with Gasteiger partial charge >= 0.3 is 5.97 Å². The van der Waals surface area contributed by atoms with Crippen LogP contribution in [0.4, 0.5) is 0 Å². The highest BCUT2D eigenvalue weighted by Gasteiger charge is 2.31. The lowest BCUT2D eigenvalue weighted by molar-refractivity contribution is -0.139. The first-order chi connectivity index (χ1) is 4.61. The average molecular weight is 143 g/mol. The summed E-state index contributed by atoms with van der Waals surface area (Å²) in [6.45, 7) is 4.09. The Hall–Kier alpha value is -0.570. The van der Waals surface area contributed by atoms with E-state index in [4.69, 9.17) is 5.11 Å². The van der Waals surface area contributed by atoms with E-state index in [1.54, 1.807) is 0 Å². The second-order valence-corrected chi connectivity index (χ2v) is 3.06. The second kappa shape index (κ2) is 2.58. The van der Waals surface area contributed by atoms with E-state index in [2.05, 4.69) is 12.2 Å². The van der Waals surface area contributed by atoms with Crippen LogP contribution in [0.5, 0.6) is 0 Å². The molecule has 1 saturated heterocycles. The molecule has 2 N–H and O–H groups in total. The van der Waals surface area contributed by atoms with Crippen molar-refractivity contribution < 1.29 is 9.90 Å². The Bertz CT molecular complexity index is 137. The predicted molar refractivity (Wildman–Crippen MR) is 37.8 cm³/mol. The van der Waals surface area contributed by atoms with Crippen molar-refractivity contribution in [3.63, 3.8) is 0 Å². The van der Waals surface area contributed by atoms with Gasteiger partial charge in [-0.15, -0.1) is 0 Å². The van der Waals surface area contributed by atoms with E-state index < -0.39 is 5.97 Å². The zero-order valence-electron chi connectivity index (χ0n) is 6.29. The second-order valence-electron chi connectivity index (χ2n) is 3.06. The first-order valence-corrected chi connectivity index (χ1v) is 3.60. The number of hydrogen-bond acceptors (Lipinski definition) is 2. The van der Waals surface area contributed by atoms with E-state index in [1.807, 2.05) is 6.92 Å². The quantitative estimate of drug-likeness (QED) is 0.560. The fourth-order valence-electron chi connectivity index (χ4n) is 1.30. The molecule has 1 aliphatic rings. The lowest BCUT2D eigenvalue weighted by atomic mass is 10.0. The van der Waals surface area contributed by atoms with Gasteiger partial charge in [-0.1, -0.05) is 6.92 Å². The minimum absolute atomic E-state index is 0.315. The van der Waals surface area contributed by atoms with Gasteiger partial charge in [-0.3, -0.25) is 4.79 Å². The van der Waals surface area contributed by atoms with Crippen molar-refractivity contribution in [2.45, 2.75) is 32.4 Å². The fourth-order valence-corrected chi connectivity index (χ4v) is 1.30. The van der Waals surface area contributed by atoms with Gasteiger partial charge in [0.15, 0.2) is 0 Å². The summed E-state index contributed by atoms with van der Waals surface area (Å²) in [4.78, 5) is 10.4. The molecule has 1 rings (SSSR count). The van der Waals surface area contributed by atoms with Gasteiger partial charge in [0.25, 0.3) is 0 Å². The summed E-state index contributed by atoms with van der Waals surface area (Å²) in [5.74, 6) is -0.239. The summed E-state index contributed by atoms with van der Waals surface area (Å²) in [5, 5.41) is 11.6. The van der Waals surface area contributed by atoms with Crippen LogP contribution in [0.25, 0.3) is 0 Å². The fraction of sp³-hybridized carbons (Fsp3) is 0.857. The summed E-state index contributed by atoms with van der Waals surface area (Å²) in [5.41, 5.74) is 0. The third-order valence-corrected chi connectivity index (χ3v) is 2.22. The molecule has 1 heterocycles. The zero-order chi connectivity index (χ0) is 7.72. The van der Waals surface area contributed by atoms with Gasteiger partial charge in [-0.05, 0) is 19.3 Å².